The number of rotatable bonds is 3. The molecule has 0 radical (unpaired) electrons. The zero-order valence-corrected chi connectivity index (χ0v) is 11.6. The van der Waals surface area contributed by atoms with Gasteiger partial charge in [-0.25, -0.2) is 0 Å². The van der Waals surface area contributed by atoms with E-state index in [0.717, 1.165) is 18.4 Å². The van der Waals surface area contributed by atoms with Gasteiger partial charge in [-0.1, -0.05) is 26.5 Å². The third kappa shape index (κ3) is 3.45. The number of nitrogens with one attached hydrogen (secondary N) is 2. The number of nitrogen functional groups attached to an aromatic ring is 1. The Bertz CT molecular complexity index is 482. The first-order chi connectivity index (χ1) is 9.15. The van der Waals surface area contributed by atoms with E-state index in [1.807, 2.05) is 13.8 Å². The molecule has 2 unspecified atom stereocenters. The van der Waals surface area contributed by atoms with Crippen LogP contribution in [-0.4, -0.2) is 22.7 Å². The topological polar surface area (TPSA) is 91.1 Å². The van der Waals surface area contributed by atoms with Gasteiger partial charge in [-0.05, 0) is 18.9 Å². The van der Waals surface area contributed by atoms with Crippen molar-refractivity contribution >= 4 is 11.9 Å². The summed E-state index contributed by atoms with van der Waals surface area (Å²) in [6.45, 7) is 7.75. The molecule has 1 aliphatic heterocycles. The number of H-pyrrole nitrogens is 1. The van der Waals surface area contributed by atoms with Crippen LogP contribution in [0.3, 0.4) is 0 Å². The molecule has 0 aliphatic carbocycles. The molecule has 0 spiro atoms. The Hall–Kier alpha value is -1.59. The number of anilines is 1. The van der Waals surface area contributed by atoms with Gasteiger partial charge in [0.2, 0.25) is 0 Å². The van der Waals surface area contributed by atoms with Gasteiger partial charge in [0, 0.05) is 23.2 Å². The Morgan fingerprint density at radius 3 is 2.74 bits per heavy atom. The van der Waals surface area contributed by atoms with Crippen molar-refractivity contribution in [3.05, 3.63) is 34.1 Å². The molecule has 0 amide bonds. The van der Waals surface area contributed by atoms with Crippen LogP contribution in [0.4, 0.5) is 5.82 Å². The highest BCUT2D eigenvalue weighted by atomic mass is 16.3. The molecular formula is C14H23N3O2. The SMILES string of the molecule is C=Cc1cc(C2CCC(CO)N2)c(=O)[nH]c1N.CC. The maximum atomic E-state index is 11.8. The predicted octanol–water partition coefficient (Wildman–Crippen LogP) is 1.41. The van der Waals surface area contributed by atoms with Gasteiger partial charge >= 0.3 is 0 Å². The molecule has 5 nitrogen and oxygen atoms in total. The Kier molecular flexibility index (Phi) is 5.79. The summed E-state index contributed by atoms with van der Waals surface area (Å²) in [5, 5.41) is 12.3. The zero-order valence-electron chi connectivity index (χ0n) is 11.6. The van der Waals surface area contributed by atoms with Crippen LogP contribution in [0.1, 0.15) is 43.9 Å². The first-order valence-electron chi connectivity index (χ1n) is 6.67. The molecule has 1 aliphatic rings. The first kappa shape index (κ1) is 15.5. The van der Waals surface area contributed by atoms with Gasteiger partial charge in [0.25, 0.3) is 5.56 Å². The van der Waals surface area contributed by atoms with E-state index in [2.05, 4.69) is 16.9 Å². The highest BCUT2D eigenvalue weighted by molar-refractivity contribution is 5.60. The molecule has 2 heterocycles. The summed E-state index contributed by atoms with van der Waals surface area (Å²) in [5.74, 6) is 0.338. The Balaban J connectivity index is 0.000000861. The lowest BCUT2D eigenvalue weighted by Gasteiger charge is -2.13. The molecule has 19 heavy (non-hydrogen) atoms. The van der Waals surface area contributed by atoms with Crippen LogP contribution in [0, 0.1) is 0 Å². The van der Waals surface area contributed by atoms with Crippen LogP contribution in [0.25, 0.3) is 6.08 Å². The lowest BCUT2D eigenvalue weighted by atomic mass is 10.0. The molecule has 106 valence electrons. The number of aromatic amines is 1. The number of aliphatic hydroxyl groups is 1. The summed E-state index contributed by atoms with van der Waals surface area (Å²) in [4.78, 5) is 14.4. The number of hydrogen-bond donors (Lipinski definition) is 4. The van der Waals surface area contributed by atoms with Gasteiger partial charge in [-0.2, -0.15) is 0 Å². The fraction of sp³-hybridized carbons (Fsp3) is 0.500. The van der Waals surface area contributed by atoms with E-state index in [9.17, 15) is 4.79 Å². The monoisotopic (exact) mass is 265 g/mol. The van der Waals surface area contributed by atoms with Gasteiger partial charge in [0.15, 0.2) is 0 Å². The Labute approximate surface area is 113 Å². The minimum absolute atomic E-state index is 0.0183. The number of pyridine rings is 1. The lowest BCUT2D eigenvalue weighted by Crippen LogP contribution is -2.30. The van der Waals surface area contributed by atoms with E-state index in [-0.39, 0.29) is 24.2 Å². The smallest absolute Gasteiger partial charge is 0.254 e. The second-order valence-corrected chi connectivity index (χ2v) is 4.30. The lowest BCUT2D eigenvalue weighted by molar-refractivity contribution is 0.251. The third-order valence-electron chi connectivity index (χ3n) is 3.19. The van der Waals surface area contributed by atoms with Crippen molar-refractivity contribution in [2.45, 2.75) is 38.8 Å². The third-order valence-corrected chi connectivity index (χ3v) is 3.19. The molecule has 2 atom stereocenters. The van der Waals surface area contributed by atoms with Crippen LogP contribution in [0.5, 0.6) is 0 Å². The van der Waals surface area contributed by atoms with Crippen LogP contribution >= 0.6 is 0 Å². The minimum Gasteiger partial charge on any atom is -0.395 e. The van der Waals surface area contributed by atoms with Crippen LogP contribution < -0.4 is 16.6 Å². The van der Waals surface area contributed by atoms with Crippen molar-refractivity contribution in [1.29, 1.82) is 0 Å². The summed E-state index contributed by atoms with van der Waals surface area (Å²) in [5.41, 5.74) is 6.88. The van der Waals surface area contributed by atoms with Gasteiger partial charge in [0.1, 0.15) is 5.82 Å². The highest BCUT2D eigenvalue weighted by Gasteiger charge is 2.26. The maximum absolute atomic E-state index is 11.8. The van der Waals surface area contributed by atoms with Crippen LogP contribution in [-0.2, 0) is 0 Å². The number of aromatic nitrogens is 1. The molecule has 1 aromatic rings. The van der Waals surface area contributed by atoms with E-state index in [4.69, 9.17) is 10.8 Å². The normalized spacial score (nSPS) is 21.6. The molecule has 0 saturated carbocycles. The zero-order chi connectivity index (χ0) is 14.4. The van der Waals surface area contributed by atoms with Crippen LogP contribution in [0.15, 0.2) is 17.4 Å². The van der Waals surface area contributed by atoms with Crippen molar-refractivity contribution in [2.75, 3.05) is 12.3 Å². The molecule has 1 saturated heterocycles. The standard InChI is InChI=1S/C12H17N3O2.C2H6/c1-2-7-5-9(12(17)15-11(7)13)10-4-3-8(6-16)14-10;1-2/h2,5,8,10,14,16H,1,3-4,6H2,(H3,13,15,17);1-2H3. The second kappa shape index (κ2) is 7.11. The average Bonchev–Trinajstić information content (AvgIpc) is 2.90. The minimum atomic E-state index is -0.177. The fourth-order valence-electron chi connectivity index (χ4n) is 2.21. The Morgan fingerprint density at radius 2 is 2.21 bits per heavy atom. The van der Waals surface area contributed by atoms with E-state index < -0.39 is 0 Å². The van der Waals surface area contributed by atoms with Crippen molar-refractivity contribution < 1.29 is 5.11 Å². The van der Waals surface area contributed by atoms with Crippen molar-refractivity contribution in [2.24, 2.45) is 0 Å². The molecule has 5 heteroatoms. The van der Waals surface area contributed by atoms with Gasteiger partial charge in [0.05, 0.1) is 6.61 Å². The summed E-state index contributed by atoms with van der Waals surface area (Å²) in [6.07, 6.45) is 3.33. The molecule has 1 aromatic heterocycles. The summed E-state index contributed by atoms with van der Waals surface area (Å²) in [6, 6.07) is 1.82. The molecule has 5 N–H and O–H groups in total. The van der Waals surface area contributed by atoms with E-state index in [1.165, 1.54) is 0 Å². The van der Waals surface area contributed by atoms with Crippen molar-refractivity contribution in [3.63, 3.8) is 0 Å². The van der Waals surface area contributed by atoms with Gasteiger partial charge < -0.3 is 21.1 Å². The summed E-state index contributed by atoms with van der Waals surface area (Å²) in [7, 11) is 0. The van der Waals surface area contributed by atoms with E-state index in [0.29, 0.717) is 11.4 Å². The number of hydrogen-bond acceptors (Lipinski definition) is 4. The number of aliphatic hydroxyl groups excluding tert-OH is 1. The van der Waals surface area contributed by atoms with E-state index in [1.54, 1.807) is 12.1 Å². The largest absolute Gasteiger partial charge is 0.395 e. The predicted molar refractivity (Wildman–Crippen MR) is 78.9 cm³/mol. The Morgan fingerprint density at radius 1 is 1.53 bits per heavy atom. The maximum Gasteiger partial charge on any atom is 0.254 e. The number of nitrogens with two attached hydrogens (primary N) is 1. The van der Waals surface area contributed by atoms with Crippen molar-refractivity contribution in [3.8, 4) is 0 Å². The van der Waals surface area contributed by atoms with Crippen LogP contribution in [0.2, 0.25) is 0 Å². The first-order valence-corrected chi connectivity index (χ1v) is 6.67. The highest BCUT2D eigenvalue weighted by Crippen LogP contribution is 2.25. The molecule has 0 aromatic carbocycles. The molecular weight excluding hydrogens is 242 g/mol. The van der Waals surface area contributed by atoms with Gasteiger partial charge in [-0.15, -0.1) is 0 Å². The molecule has 2 rings (SSSR count). The average molecular weight is 265 g/mol. The summed E-state index contributed by atoms with van der Waals surface area (Å²) >= 11 is 0. The quantitative estimate of drug-likeness (QED) is 0.665. The molecule has 0 bridgehead atoms. The van der Waals surface area contributed by atoms with Crippen molar-refractivity contribution in [1.82, 2.24) is 10.3 Å². The van der Waals surface area contributed by atoms with Gasteiger partial charge in [-0.3, -0.25) is 4.79 Å². The second-order valence-electron chi connectivity index (χ2n) is 4.30. The fourth-order valence-corrected chi connectivity index (χ4v) is 2.21. The molecule has 1 fully saturated rings. The summed E-state index contributed by atoms with van der Waals surface area (Å²) < 4.78 is 0. The van der Waals surface area contributed by atoms with E-state index >= 15 is 0 Å².